The maximum Gasteiger partial charge on any atom is 0.223 e. The number of amides is 1. The van der Waals surface area contributed by atoms with Gasteiger partial charge < -0.3 is 15.3 Å². The van der Waals surface area contributed by atoms with E-state index in [-0.39, 0.29) is 11.7 Å². The average molecular weight is 223 g/mol. The SMILES string of the molecule is CN(C)C(=O)CCNCc1ccc(O)cn1. The second-order valence-electron chi connectivity index (χ2n) is 3.72. The molecule has 0 saturated carbocycles. The summed E-state index contributed by atoms with van der Waals surface area (Å²) in [6, 6.07) is 3.34. The number of hydrogen-bond acceptors (Lipinski definition) is 4. The summed E-state index contributed by atoms with van der Waals surface area (Å²) >= 11 is 0. The second kappa shape index (κ2) is 6.07. The highest BCUT2D eigenvalue weighted by Gasteiger charge is 2.02. The molecule has 0 radical (unpaired) electrons. The van der Waals surface area contributed by atoms with Crippen LogP contribution in [0.3, 0.4) is 0 Å². The number of carbonyl (C=O) groups is 1. The van der Waals surface area contributed by atoms with Gasteiger partial charge in [-0.1, -0.05) is 0 Å². The lowest BCUT2D eigenvalue weighted by molar-refractivity contribution is -0.128. The Morgan fingerprint density at radius 1 is 1.50 bits per heavy atom. The molecule has 0 aliphatic carbocycles. The molecule has 1 aromatic rings. The van der Waals surface area contributed by atoms with Gasteiger partial charge in [0.1, 0.15) is 5.75 Å². The Hall–Kier alpha value is -1.62. The minimum Gasteiger partial charge on any atom is -0.506 e. The Morgan fingerprint density at radius 3 is 2.81 bits per heavy atom. The van der Waals surface area contributed by atoms with Crippen LogP contribution in [0.1, 0.15) is 12.1 Å². The Labute approximate surface area is 95.1 Å². The highest BCUT2D eigenvalue weighted by molar-refractivity contribution is 5.75. The van der Waals surface area contributed by atoms with Crippen molar-refractivity contribution >= 4 is 5.91 Å². The summed E-state index contributed by atoms with van der Waals surface area (Å²) in [6.45, 7) is 1.22. The summed E-state index contributed by atoms with van der Waals surface area (Å²) in [7, 11) is 3.48. The number of aromatic hydroxyl groups is 1. The average Bonchev–Trinajstić information content (AvgIpc) is 2.26. The third kappa shape index (κ3) is 4.27. The lowest BCUT2D eigenvalue weighted by atomic mass is 10.3. The standard InChI is InChI=1S/C11H17N3O2/c1-14(2)11(16)5-6-12-7-9-3-4-10(15)8-13-9/h3-4,8,12,15H,5-7H2,1-2H3. The number of rotatable bonds is 5. The first kappa shape index (κ1) is 12.4. The van der Waals surface area contributed by atoms with Gasteiger partial charge in [0.25, 0.3) is 0 Å². The van der Waals surface area contributed by atoms with Crippen LogP contribution in [0.5, 0.6) is 5.75 Å². The quantitative estimate of drug-likeness (QED) is 0.707. The van der Waals surface area contributed by atoms with Crippen molar-refractivity contribution in [1.82, 2.24) is 15.2 Å². The van der Waals surface area contributed by atoms with E-state index in [9.17, 15) is 4.79 Å². The minimum atomic E-state index is 0.103. The molecule has 0 aliphatic rings. The molecular weight excluding hydrogens is 206 g/mol. The van der Waals surface area contributed by atoms with Crippen LogP contribution in [-0.4, -0.2) is 41.5 Å². The van der Waals surface area contributed by atoms with Crippen LogP contribution in [0.4, 0.5) is 0 Å². The van der Waals surface area contributed by atoms with Gasteiger partial charge in [-0.25, -0.2) is 0 Å². The molecule has 0 fully saturated rings. The van der Waals surface area contributed by atoms with E-state index >= 15 is 0 Å². The molecule has 1 rings (SSSR count). The molecule has 16 heavy (non-hydrogen) atoms. The molecule has 0 bridgehead atoms. The third-order valence-corrected chi connectivity index (χ3v) is 2.13. The van der Waals surface area contributed by atoms with Crippen LogP contribution < -0.4 is 5.32 Å². The van der Waals surface area contributed by atoms with Gasteiger partial charge >= 0.3 is 0 Å². The van der Waals surface area contributed by atoms with Crippen LogP contribution in [0.2, 0.25) is 0 Å². The first-order valence-corrected chi connectivity index (χ1v) is 5.14. The summed E-state index contributed by atoms with van der Waals surface area (Å²) in [5, 5.41) is 12.1. The van der Waals surface area contributed by atoms with Gasteiger partial charge in [0.05, 0.1) is 11.9 Å². The summed E-state index contributed by atoms with van der Waals surface area (Å²) in [6.07, 6.45) is 1.88. The molecule has 1 heterocycles. The molecule has 1 amide bonds. The zero-order valence-electron chi connectivity index (χ0n) is 9.60. The molecule has 2 N–H and O–H groups in total. The largest absolute Gasteiger partial charge is 0.506 e. The molecule has 1 aromatic heterocycles. The maximum absolute atomic E-state index is 11.2. The molecule has 0 aliphatic heterocycles. The first-order valence-electron chi connectivity index (χ1n) is 5.14. The van der Waals surface area contributed by atoms with Crippen molar-refractivity contribution in [2.45, 2.75) is 13.0 Å². The summed E-state index contributed by atoms with van der Waals surface area (Å²) in [5.74, 6) is 0.262. The van der Waals surface area contributed by atoms with Crippen molar-refractivity contribution < 1.29 is 9.90 Å². The Bertz CT molecular complexity index is 336. The number of hydrogen-bond donors (Lipinski definition) is 2. The number of aromatic nitrogens is 1. The van der Waals surface area contributed by atoms with E-state index in [1.807, 2.05) is 0 Å². The van der Waals surface area contributed by atoms with Gasteiger partial charge in [0.15, 0.2) is 0 Å². The van der Waals surface area contributed by atoms with E-state index in [1.54, 1.807) is 31.1 Å². The monoisotopic (exact) mass is 223 g/mol. The summed E-state index contributed by atoms with van der Waals surface area (Å²) < 4.78 is 0. The third-order valence-electron chi connectivity index (χ3n) is 2.13. The summed E-state index contributed by atoms with van der Waals surface area (Å²) in [4.78, 5) is 16.8. The molecule has 0 atom stereocenters. The number of pyridine rings is 1. The molecular formula is C11H17N3O2. The number of carbonyl (C=O) groups excluding carboxylic acids is 1. The van der Waals surface area contributed by atoms with Gasteiger partial charge in [-0.15, -0.1) is 0 Å². The van der Waals surface area contributed by atoms with Crippen LogP contribution >= 0.6 is 0 Å². The zero-order valence-corrected chi connectivity index (χ0v) is 9.60. The summed E-state index contributed by atoms with van der Waals surface area (Å²) in [5.41, 5.74) is 0.843. The van der Waals surface area contributed by atoms with E-state index in [0.717, 1.165) is 5.69 Å². The zero-order chi connectivity index (χ0) is 12.0. The topological polar surface area (TPSA) is 65.5 Å². The van der Waals surface area contributed by atoms with E-state index in [2.05, 4.69) is 10.3 Å². The Morgan fingerprint density at radius 2 is 2.25 bits per heavy atom. The van der Waals surface area contributed by atoms with Gasteiger partial charge in [-0.2, -0.15) is 0 Å². The molecule has 0 aromatic carbocycles. The Kier molecular flexibility index (Phi) is 4.72. The van der Waals surface area contributed by atoms with Crippen molar-refractivity contribution in [1.29, 1.82) is 0 Å². The van der Waals surface area contributed by atoms with Crippen LogP contribution in [0.25, 0.3) is 0 Å². The predicted molar refractivity (Wildman–Crippen MR) is 60.9 cm³/mol. The van der Waals surface area contributed by atoms with Crippen molar-refractivity contribution in [2.24, 2.45) is 0 Å². The van der Waals surface area contributed by atoms with Crippen molar-refractivity contribution in [3.63, 3.8) is 0 Å². The smallest absolute Gasteiger partial charge is 0.223 e. The molecule has 0 unspecified atom stereocenters. The van der Waals surface area contributed by atoms with Crippen molar-refractivity contribution in [2.75, 3.05) is 20.6 Å². The lowest BCUT2D eigenvalue weighted by Gasteiger charge is -2.10. The van der Waals surface area contributed by atoms with Gasteiger partial charge in [0.2, 0.25) is 5.91 Å². The van der Waals surface area contributed by atoms with Crippen LogP contribution in [-0.2, 0) is 11.3 Å². The second-order valence-corrected chi connectivity index (χ2v) is 3.72. The Balaban J connectivity index is 2.21. The van der Waals surface area contributed by atoms with Gasteiger partial charge in [-0.3, -0.25) is 9.78 Å². The van der Waals surface area contributed by atoms with E-state index < -0.39 is 0 Å². The van der Waals surface area contributed by atoms with Crippen molar-refractivity contribution in [3.8, 4) is 5.75 Å². The molecule has 0 spiro atoms. The van der Waals surface area contributed by atoms with Crippen LogP contribution in [0, 0.1) is 0 Å². The van der Waals surface area contributed by atoms with E-state index in [1.165, 1.54) is 6.20 Å². The molecule has 5 heteroatoms. The van der Waals surface area contributed by atoms with Gasteiger partial charge in [0, 0.05) is 33.6 Å². The van der Waals surface area contributed by atoms with E-state index in [0.29, 0.717) is 19.5 Å². The minimum absolute atomic E-state index is 0.103. The fourth-order valence-corrected chi connectivity index (χ4v) is 1.16. The molecule has 88 valence electrons. The van der Waals surface area contributed by atoms with E-state index in [4.69, 9.17) is 5.11 Å². The molecule has 0 saturated heterocycles. The predicted octanol–water partition coefficient (Wildman–Crippen LogP) is 0.355. The first-order chi connectivity index (χ1) is 7.59. The maximum atomic E-state index is 11.2. The highest BCUT2D eigenvalue weighted by atomic mass is 16.3. The fraction of sp³-hybridized carbons (Fsp3) is 0.455. The highest BCUT2D eigenvalue weighted by Crippen LogP contribution is 2.05. The molecule has 5 nitrogen and oxygen atoms in total. The lowest BCUT2D eigenvalue weighted by Crippen LogP contribution is -2.26. The normalized spacial score (nSPS) is 10.1. The van der Waals surface area contributed by atoms with Gasteiger partial charge in [-0.05, 0) is 12.1 Å². The van der Waals surface area contributed by atoms with Crippen molar-refractivity contribution in [3.05, 3.63) is 24.0 Å². The van der Waals surface area contributed by atoms with Crippen LogP contribution in [0.15, 0.2) is 18.3 Å². The fourth-order valence-electron chi connectivity index (χ4n) is 1.16. The number of nitrogens with one attached hydrogen (secondary N) is 1. The number of nitrogens with zero attached hydrogens (tertiary/aromatic N) is 2.